The summed E-state index contributed by atoms with van der Waals surface area (Å²) in [4.78, 5) is 0.261. The Hall–Kier alpha value is -1.76. The number of benzene rings is 2. The average molecular weight is 336 g/mol. The van der Waals surface area contributed by atoms with E-state index in [2.05, 4.69) is 10.0 Å². The van der Waals surface area contributed by atoms with Gasteiger partial charge in [-0.3, -0.25) is 0 Å². The zero-order valence-electron chi connectivity index (χ0n) is 13.3. The third-order valence-electron chi connectivity index (χ3n) is 3.48. The highest BCUT2D eigenvalue weighted by atomic mass is 32.2. The lowest BCUT2D eigenvalue weighted by molar-refractivity contribution is 0.575. The van der Waals surface area contributed by atoms with E-state index >= 15 is 0 Å². The van der Waals surface area contributed by atoms with E-state index in [4.69, 9.17) is 0 Å². The molecule has 2 N–H and O–H groups in total. The molecule has 2 aromatic carbocycles. The van der Waals surface area contributed by atoms with Crippen LogP contribution in [0.15, 0.2) is 47.4 Å². The quantitative estimate of drug-likeness (QED) is 0.764. The highest BCUT2D eigenvalue weighted by molar-refractivity contribution is 7.89. The first-order valence-electron chi connectivity index (χ1n) is 7.40. The summed E-state index contributed by atoms with van der Waals surface area (Å²) in [5.41, 5.74) is 2.58. The summed E-state index contributed by atoms with van der Waals surface area (Å²) in [6.07, 6.45) is 0. The first kappa shape index (κ1) is 17.6. The van der Waals surface area contributed by atoms with Gasteiger partial charge in [0, 0.05) is 19.6 Å². The van der Waals surface area contributed by atoms with Gasteiger partial charge in [-0.2, -0.15) is 0 Å². The summed E-state index contributed by atoms with van der Waals surface area (Å²) in [6, 6.07) is 11.6. The Kier molecular flexibility index (Phi) is 5.87. The molecule has 0 aliphatic carbocycles. The third-order valence-corrected chi connectivity index (χ3v) is 4.95. The molecule has 0 spiro atoms. The maximum absolute atomic E-state index is 13.2. The van der Waals surface area contributed by atoms with Gasteiger partial charge < -0.3 is 5.32 Å². The maximum atomic E-state index is 13.2. The minimum atomic E-state index is -3.47. The van der Waals surface area contributed by atoms with Crippen molar-refractivity contribution in [3.05, 3.63) is 65.0 Å². The number of sulfonamides is 1. The molecule has 124 valence electrons. The van der Waals surface area contributed by atoms with Gasteiger partial charge in [-0.05, 0) is 43.2 Å². The second-order valence-corrected chi connectivity index (χ2v) is 7.24. The van der Waals surface area contributed by atoms with E-state index < -0.39 is 10.0 Å². The second kappa shape index (κ2) is 7.68. The molecule has 0 aromatic heterocycles. The van der Waals surface area contributed by atoms with Crippen molar-refractivity contribution in [3.63, 3.8) is 0 Å². The van der Waals surface area contributed by atoms with E-state index in [0.29, 0.717) is 18.7 Å². The predicted molar refractivity (Wildman–Crippen MR) is 89.2 cm³/mol. The van der Waals surface area contributed by atoms with Crippen molar-refractivity contribution >= 4 is 10.0 Å². The fourth-order valence-electron chi connectivity index (χ4n) is 2.12. The largest absolute Gasteiger partial charge is 0.311 e. The molecular weight excluding hydrogens is 315 g/mol. The van der Waals surface area contributed by atoms with Gasteiger partial charge in [0.2, 0.25) is 10.0 Å². The third kappa shape index (κ3) is 5.13. The minimum absolute atomic E-state index is 0.223. The Labute approximate surface area is 136 Å². The Morgan fingerprint density at radius 3 is 2.35 bits per heavy atom. The molecule has 23 heavy (non-hydrogen) atoms. The minimum Gasteiger partial charge on any atom is -0.311 e. The number of rotatable bonds is 7. The smallest absolute Gasteiger partial charge is 0.240 e. The number of hydrogen-bond acceptors (Lipinski definition) is 3. The Bertz CT molecular complexity index is 759. The van der Waals surface area contributed by atoms with E-state index in [1.165, 1.54) is 6.07 Å². The molecule has 0 atom stereocenters. The maximum Gasteiger partial charge on any atom is 0.240 e. The fourth-order valence-corrected chi connectivity index (χ4v) is 3.16. The standard InChI is InChI=1S/C17H21FN2O2S/c1-13-3-6-16(7-4-13)23(21,22)20-10-9-19-12-15-5-8-17(18)14(2)11-15/h3-8,11,19-20H,9-10,12H2,1-2H3. The summed E-state index contributed by atoms with van der Waals surface area (Å²) >= 11 is 0. The lowest BCUT2D eigenvalue weighted by Crippen LogP contribution is -2.31. The van der Waals surface area contributed by atoms with Gasteiger partial charge in [-0.25, -0.2) is 17.5 Å². The molecule has 6 heteroatoms. The van der Waals surface area contributed by atoms with Crippen LogP contribution in [-0.4, -0.2) is 21.5 Å². The molecule has 0 heterocycles. The summed E-state index contributed by atoms with van der Waals surface area (Å²) in [5.74, 6) is -0.223. The number of halogens is 1. The summed E-state index contributed by atoms with van der Waals surface area (Å²) < 4.78 is 39.9. The van der Waals surface area contributed by atoms with Gasteiger partial charge in [-0.1, -0.05) is 29.8 Å². The molecule has 0 aliphatic heterocycles. The van der Waals surface area contributed by atoms with Crippen molar-refractivity contribution in [2.75, 3.05) is 13.1 Å². The molecule has 0 unspecified atom stereocenters. The summed E-state index contributed by atoms with van der Waals surface area (Å²) in [5, 5.41) is 3.13. The Balaban J connectivity index is 1.78. The monoisotopic (exact) mass is 336 g/mol. The molecular formula is C17H21FN2O2S. The van der Waals surface area contributed by atoms with Gasteiger partial charge in [0.15, 0.2) is 0 Å². The summed E-state index contributed by atoms with van der Waals surface area (Å²) in [6.45, 7) is 4.96. The first-order valence-corrected chi connectivity index (χ1v) is 8.89. The SMILES string of the molecule is Cc1ccc(S(=O)(=O)NCCNCc2ccc(F)c(C)c2)cc1. The lowest BCUT2D eigenvalue weighted by Gasteiger charge is -2.09. The number of nitrogens with one attached hydrogen (secondary N) is 2. The predicted octanol–water partition coefficient (Wildman–Crippen LogP) is 2.51. The first-order chi connectivity index (χ1) is 10.9. The molecule has 4 nitrogen and oxygen atoms in total. The molecule has 0 bridgehead atoms. The van der Waals surface area contributed by atoms with E-state index in [1.54, 1.807) is 43.3 Å². The normalized spacial score (nSPS) is 11.6. The van der Waals surface area contributed by atoms with Crippen LogP contribution in [0.2, 0.25) is 0 Å². The Morgan fingerprint density at radius 1 is 1.00 bits per heavy atom. The van der Waals surface area contributed by atoms with E-state index in [0.717, 1.165) is 11.1 Å². The van der Waals surface area contributed by atoms with Crippen LogP contribution in [0, 0.1) is 19.7 Å². The zero-order valence-corrected chi connectivity index (χ0v) is 14.1. The van der Waals surface area contributed by atoms with Crippen LogP contribution in [0.4, 0.5) is 4.39 Å². The lowest BCUT2D eigenvalue weighted by atomic mass is 10.1. The average Bonchev–Trinajstić information content (AvgIpc) is 2.51. The molecule has 0 amide bonds. The van der Waals surface area contributed by atoms with Gasteiger partial charge in [0.25, 0.3) is 0 Å². The molecule has 0 fully saturated rings. The van der Waals surface area contributed by atoms with Gasteiger partial charge in [0.1, 0.15) is 5.82 Å². The van der Waals surface area contributed by atoms with Crippen molar-refractivity contribution in [2.45, 2.75) is 25.3 Å². The van der Waals surface area contributed by atoms with Crippen molar-refractivity contribution in [3.8, 4) is 0 Å². The number of hydrogen-bond donors (Lipinski definition) is 2. The van der Waals surface area contributed by atoms with E-state index in [-0.39, 0.29) is 17.3 Å². The van der Waals surface area contributed by atoms with Crippen molar-refractivity contribution in [2.24, 2.45) is 0 Å². The summed E-state index contributed by atoms with van der Waals surface area (Å²) in [7, 11) is -3.47. The molecule has 0 aliphatic rings. The number of aryl methyl sites for hydroxylation is 2. The second-order valence-electron chi connectivity index (χ2n) is 5.47. The molecule has 0 radical (unpaired) electrons. The van der Waals surface area contributed by atoms with Gasteiger partial charge in [0.05, 0.1) is 4.90 Å². The van der Waals surface area contributed by atoms with Crippen LogP contribution < -0.4 is 10.0 Å². The molecule has 0 saturated heterocycles. The topological polar surface area (TPSA) is 58.2 Å². The zero-order chi connectivity index (χ0) is 16.9. The van der Waals surface area contributed by atoms with Crippen LogP contribution in [0.3, 0.4) is 0 Å². The highest BCUT2D eigenvalue weighted by Gasteiger charge is 2.12. The molecule has 0 saturated carbocycles. The van der Waals surface area contributed by atoms with Crippen molar-refractivity contribution in [1.29, 1.82) is 0 Å². The van der Waals surface area contributed by atoms with Crippen LogP contribution >= 0.6 is 0 Å². The molecule has 2 rings (SSSR count). The van der Waals surface area contributed by atoms with Crippen LogP contribution in [-0.2, 0) is 16.6 Å². The van der Waals surface area contributed by atoms with E-state index in [9.17, 15) is 12.8 Å². The van der Waals surface area contributed by atoms with Crippen LogP contribution in [0.5, 0.6) is 0 Å². The van der Waals surface area contributed by atoms with Crippen molar-refractivity contribution in [1.82, 2.24) is 10.0 Å². The van der Waals surface area contributed by atoms with Gasteiger partial charge in [-0.15, -0.1) is 0 Å². The van der Waals surface area contributed by atoms with Crippen LogP contribution in [0.1, 0.15) is 16.7 Å². The Morgan fingerprint density at radius 2 is 1.70 bits per heavy atom. The fraction of sp³-hybridized carbons (Fsp3) is 0.294. The van der Waals surface area contributed by atoms with E-state index in [1.807, 2.05) is 6.92 Å². The van der Waals surface area contributed by atoms with Gasteiger partial charge >= 0.3 is 0 Å². The highest BCUT2D eigenvalue weighted by Crippen LogP contribution is 2.10. The van der Waals surface area contributed by atoms with Crippen molar-refractivity contribution < 1.29 is 12.8 Å². The van der Waals surface area contributed by atoms with Crippen LogP contribution in [0.25, 0.3) is 0 Å². The molecule has 2 aromatic rings.